The molecule has 0 bridgehead atoms. The Labute approximate surface area is 159 Å². The van der Waals surface area contributed by atoms with Gasteiger partial charge in [-0.1, -0.05) is 11.6 Å². The molecule has 6 heteroatoms. The number of allylic oxidation sites excluding steroid dienone is 1. The molecule has 27 heavy (non-hydrogen) atoms. The van der Waals surface area contributed by atoms with E-state index in [0.717, 1.165) is 13.0 Å². The number of carbonyl (C=O) groups is 2. The number of anilines is 2. The van der Waals surface area contributed by atoms with Crippen LogP contribution >= 0.6 is 0 Å². The first kappa shape index (κ1) is 18.8. The smallest absolute Gasteiger partial charge is 0.275 e. The van der Waals surface area contributed by atoms with E-state index in [4.69, 9.17) is 0 Å². The van der Waals surface area contributed by atoms with Crippen molar-refractivity contribution in [1.82, 2.24) is 9.97 Å². The zero-order chi connectivity index (χ0) is 19.1. The number of rotatable bonds is 7. The van der Waals surface area contributed by atoms with E-state index in [-0.39, 0.29) is 17.4 Å². The lowest BCUT2D eigenvalue weighted by molar-refractivity contribution is 0.101. The predicted molar refractivity (Wildman–Crippen MR) is 106 cm³/mol. The Hall–Kier alpha value is -3.02. The van der Waals surface area contributed by atoms with Gasteiger partial charge in [-0.15, -0.1) is 0 Å². The standard InChI is InChI=1S/C21H24N4O2/c1-15(26)17-7-9-18(10-8-17)25-21(27)19-13-24-20(14-23-19)22-12-11-16-5-3-2-4-6-16/h5,7-10,13-14H,2-4,6,11-12H2,1H3,(H,22,24)(H,25,27). The maximum Gasteiger partial charge on any atom is 0.275 e. The first-order valence-electron chi connectivity index (χ1n) is 9.28. The Kier molecular flexibility index (Phi) is 6.30. The van der Waals surface area contributed by atoms with Gasteiger partial charge in [-0.3, -0.25) is 9.59 Å². The molecule has 1 amide bonds. The molecule has 1 heterocycles. The second-order valence-corrected chi connectivity index (χ2v) is 6.66. The molecule has 1 aromatic carbocycles. The summed E-state index contributed by atoms with van der Waals surface area (Å²) in [7, 11) is 0. The van der Waals surface area contributed by atoms with Gasteiger partial charge in [-0.25, -0.2) is 9.97 Å². The highest BCUT2D eigenvalue weighted by Gasteiger charge is 2.09. The fourth-order valence-electron chi connectivity index (χ4n) is 3.00. The van der Waals surface area contributed by atoms with Gasteiger partial charge in [0.2, 0.25) is 0 Å². The van der Waals surface area contributed by atoms with Crippen LogP contribution in [-0.4, -0.2) is 28.2 Å². The Bertz CT molecular complexity index is 826. The number of hydrogen-bond donors (Lipinski definition) is 2. The van der Waals surface area contributed by atoms with Gasteiger partial charge >= 0.3 is 0 Å². The number of nitrogens with zero attached hydrogens (tertiary/aromatic N) is 2. The highest BCUT2D eigenvalue weighted by molar-refractivity contribution is 6.03. The van der Waals surface area contributed by atoms with E-state index in [1.807, 2.05) is 0 Å². The Morgan fingerprint density at radius 1 is 1.07 bits per heavy atom. The average Bonchev–Trinajstić information content (AvgIpc) is 2.70. The first-order chi connectivity index (χ1) is 13.1. The molecule has 0 saturated heterocycles. The Balaban J connectivity index is 1.50. The van der Waals surface area contributed by atoms with Crippen molar-refractivity contribution in [1.29, 1.82) is 0 Å². The molecule has 1 aliphatic rings. The first-order valence-corrected chi connectivity index (χ1v) is 9.28. The molecule has 0 spiro atoms. The fourth-order valence-corrected chi connectivity index (χ4v) is 3.00. The summed E-state index contributed by atoms with van der Waals surface area (Å²) >= 11 is 0. The van der Waals surface area contributed by atoms with E-state index in [1.165, 1.54) is 44.4 Å². The lowest BCUT2D eigenvalue weighted by atomic mass is 9.97. The lowest BCUT2D eigenvalue weighted by Gasteiger charge is -2.13. The number of nitrogens with one attached hydrogen (secondary N) is 2. The van der Waals surface area contributed by atoms with Crippen molar-refractivity contribution in [3.63, 3.8) is 0 Å². The molecule has 1 aromatic heterocycles. The zero-order valence-electron chi connectivity index (χ0n) is 15.5. The van der Waals surface area contributed by atoms with E-state index in [1.54, 1.807) is 30.5 Å². The lowest BCUT2D eigenvalue weighted by Crippen LogP contribution is -2.15. The fraction of sp³-hybridized carbons (Fsp3) is 0.333. The predicted octanol–water partition coefficient (Wildman–Crippen LogP) is 4.23. The molecule has 2 aromatic rings. The summed E-state index contributed by atoms with van der Waals surface area (Å²) in [5.74, 6) is 0.312. The minimum atomic E-state index is -0.336. The minimum Gasteiger partial charge on any atom is -0.368 e. The molecule has 2 N–H and O–H groups in total. The molecular weight excluding hydrogens is 340 g/mol. The van der Waals surface area contributed by atoms with Crippen molar-refractivity contribution < 1.29 is 9.59 Å². The van der Waals surface area contributed by atoms with Crippen LogP contribution in [0.5, 0.6) is 0 Å². The quantitative estimate of drug-likeness (QED) is 0.567. The van der Waals surface area contributed by atoms with Crippen LogP contribution < -0.4 is 10.6 Å². The molecule has 140 valence electrons. The summed E-state index contributed by atoms with van der Waals surface area (Å²) in [5, 5.41) is 6.00. The Morgan fingerprint density at radius 2 is 1.89 bits per heavy atom. The van der Waals surface area contributed by atoms with Crippen LogP contribution in [0.15, 0.2) is 48.3 Å². The molecule has 0 unspecified atom stereocenters. The summed E-state index contributed by atoms with van der Waals surface area (Å²) in [6.45, 7) is 2.32. The summed E-state index contributed by atoms with van der Waals surface area (Å²) in [4.78, 5) is 32.0. The van der Waals surface area contributed by atoms with E-state index in [2.05, 4.69) is 26.7 Å². The molecule has 0 radical (unpaired) electrons. The van der Waals surface area contributed by atoms with Crippen molar-refractivity contribution in [3.05, 3.63) is 59.6 Å². The van der Waals surface area contributed by atoms with Crippen molar-refractivity contribution in [2.75, 3.05) is 17.2 Å². The van der Waals surface area contributed by atoms with E-state index in [9.17, 15) is 9.59 Å². The van der Waals surface area contributed by atoms with Crippen LogP contribution in [-0.2, 0) is 0 Å². The zero-order valence-corrected chi connectivity index (χ0v) is 15.5. The summed E-state index contributed by atoms with van der Waals surface area (Å²) in [6.07, 6.45) is 11.4. The number of aromatic nitrogens is 2. The van der Waals surface area contributed by atoms with Crippen LogP contribution in [0.4, 0.5) is 11.5 Å². The van der Waals surface area contributed by atoms with Crippen LogP contribution in [0, 0.1) is 0 Å². The van der Waals surface area contributed by atoms with Crippen molar-refractivity contribution in [2.24, 2.45) is 0 Å². The Morgan fingerprint density at radius 3 is 2.52 bits per heavy atom. The SMILES string of the molecule is CC(=O)c1ccc(NC(=O)c2cnc(NCCC3=CCCCC3)cn2)cc1. The molecule has 0 aliphatic heterocycles. The van der Waals surface area contributed by atoms with Gasteiger partial charge in [0.25, 0.3) is 5.91 Å². The van der Waals surface area contributed by atoms with Gasteiger partial charge in [0.1, 0.15) is 11.5 Å². The van der Waals surface area contributed by atoms with Gasteiger partial charge in [-0.2, -0.15) is 0 Å². The largest absolute Gasteiger partial charge is 0.368 e. The highest BCUT2D eigenvalue weighted by Crippen LogP contribution is 2.20. The molecule has 1 aliphatic carbocycles. The normalized spacial score (nSPS) is 13.6. The summed E-state index contributed by atoms with van der Waals surface area (Å²) < 4.78 is 0. The number of amides is 1. The maximum atomic E-state index is 12.3. The summed E-state index contributed by atoms with van der Waals surface area (Å²) in [5.41, 5.74) is 2.96. The van der Waals surface area contributed by atoms with Gasteiger partial charge in [0.05, 0.1) is 12.4 Å². The van der Waals surface area contributed by atoms with Gasteiger partial charge in [0, 0.05) is 17.8 Å². The molecule has 0 fully saturated rings. The molecule has 6 nitrogen and oxygen atoms in total. The van der Waals surface area contributed by atoms with Crippen molar-refractivity contribution in [2.45, 2.75) is 39.0 Å². The number of benzene rings is 1. The van der Waals surface area contributed by atoms with Gasteiger partial charge in [0.15, 0.2) is 5.78 Å². The monoisotopic (exact) mass is 364 g/mol. The number of ketones is 1. The summed E-state index contributed by atoms with van der Waals surface area (Å²) in [6, 6.07) is 6.74. The maximum absolute atomic E-state index is 12.3. The minimum absolute atomic E-state index is 0.0124. The molecule has 3 rings (SSSR count). The third-order valence-electron chi connectivity index (χ3n) is 4.57. The van der Waals surface area contributed by atoms with Crippen LogP contribution in [0.1, 0.15) is 59.9 Å². The van der Waals surface area contributed by atoms with Crippen LogP contribution in [0.25, 0.3) is 0 Å². The number of Topliss-reactive ketones (excluding diaryl/α,β-unsaturated/α-hetero) is 1. The van der Waals surface area contributed by atoms with E-state index in [0.29, 0.717) is 17.1 Å². The van der Waals surface area contributed by atoms with Gasteiger partial charge < -0.3 is 10.6 Å². The van der Waals surface area contributed by atoms with Crippen molar-refractivity contribution in [3.8, 4) is 0 Å². The molecular formula is C21H24N4O2. The third-order valence-corrected chi connectivity index (χ3v) is 4.57. The van der Waals surface area contributed by atoms with E-state index >= 15 is 0 Å². The molecule has 0 atom stereocenters. The number of carbonyl (C=O) groups excluding carboxylic acids is 2. The second-order valence-electron chi connectivity index (χ2n) is 6.66. The molecule has 0 saturated carbocycles. The van der Waals surface area contributed by atoms with Gasteiger partial charge in [-0.05, 0) is 63.3 Å². The highest BCUT2D eigenvalue weighted by atomic mass is 16.2. The van der Waals surface area contributed by atoms with Crippen LogP contribution in [0.3, 0.4) is 0 Å². The van der Waals surface area contributed by atoms with E-state index < -0.39 is 0 Å². The third kappa shape index (κ3) is 5.48. The topological polar surface area (TPSA) is 84.0 Å². The second kappa shape index (κ2) is 9.07. The van der Waals surface area contributed by atoms with Crippen LogP contribution in [0.2, 0.25) is 0 Å². The number of hydrogen-bond acceptors (Lipinski definition) is 5. The average molecular weight is 364 g/mol. The van der Waals surface area contributed by atoms with Crippen molar-refractivity contribution >= 4 is 23.2 Å².